The van der Waals surface area contributed by atoms with E-state index in [0.717, 1.165) is 24.1 Å². The maximum atomic E-state index is 13.4. The number of para-hydroxylation sites is 1. The number of aryl methyl sites for hydroxylation is 3. The van der Waals surface area contributed by atoms with Crippen molar-refractivity contribution in [3.8, 4) is 17.2 Å². The van der Waals surface area contributed by atoms with Crippen LogP contribution >= 0.6 is 0 Å². The third-order valence-electron chi connectivity index (χ3n) is 5.95. The van der Waals surface area contributed by atoms with Gasteiger partial charge in [-0.3, -0.25) is 9.59 Å². The van der Waals surface area contributed by atoms with E-state index in [1.807, 2.05) is 24.3 Å². The number of carbonyl (C=O) groups is 3. The average molecular weight is 489 g/mol. The van der Waals surface area contributed by atoms with E-state index in [2.05, 4.69) is 5.32 Å². The van der Waals surface area contributed by atoms with E-state index < -0.39 is 11.9 Å². The highest BCUT2D eigenvalue weighted by molar-refractivity contribution is 6.37. The van der Waals surface area contributed by atoms with E-state index in [4.69, 9.17) is 9.47 Å². The summed E-state index contributed by atoms with van der Waals surface area (Å²) in [5.74, 6) is -1.31. The molecular formula is C28H28N2O6. The van der Waals surface area contributed by atoms with Crippen LogP contribution < -0.4 is 15.0 Å². The number of esters is 1. The zero-order chi connectivity index (χ0) is 25.8. The first kappa shape index (κ1) is 24.8. The minimum Gasteiger partial charge on any atom is -0.507 e. The van der Waals surface area contributed by atoms with E-state index in [0.29, 0.717) is 34.9 Å². The van der Waals surface area contributed by atoms with Gasteiger partial charge in [0.15, 0.2) is 0 Å². The molecule has 0 saturated heterocycles. The number of anilines is 2. The van der Waals surface area contributed by atoms with Crippen molar-refractivity contribution in [3.05, 3.63) is 76.9 Å². The molecule has 0 fully saturated rings. The smallest absolute Gasteiger partial charge is 0.397 e. The standard InChI is InChI=1S/C28H28N2O6/c1-4-35-28(34)26(32)29-20-14-17(2)25(18(3)15-20)36-21-11-12-24(31)22(16-21)27(33)30-13-7-9-19-8-5-6-10-23(19)30/h5-6,8,10-12,14-16,31H,4,7,9,13H2,1-3H3,(H,29,32). The molecular weight excluding hydrogens is 460 g/mol. The molecule has 8 heteroatoms. The van der Waals surface area contributed by atoms with E-state index in [1.165, 1.54) is 12.1 Å². The van der Waals surface area contributed by atoms with Crippen molar-refractivity contribution in [2.45, 2.75) is 33.6 Å². The topological polar surface area (TPSA) is 105 Å². The highest BCUT2D eigenvalue weighted by atomic mass is 16.5. The van der Waals surface area contributed by atoms with Gasteiger partial charge in [0.2, 0.25) is 0 Å². The molecule has 36 heavy (non-hydrogen) atoms. The van der Waals surface area contributed by atoms with Crippen molar-refractivity contribution in [1.29, 1.82) is 0 Å². The fourth-order valence-corrected chi connectivity index (χ4v) is 4.32. The van der Waals surface area contributed by atoms with E-state index in [1.54, 1.807) is 43.9 Å². The van der Waals surface area contributed by atoms with E-state index >= 15 is 0 Å². The summed E-state index contributed by atoms with van der Waals surface area (Å²) in [5, 5.41) is 13.0. The van der Waals surface area contributed by atoms with Crippen LogP contribution in [0.4, 0.5) is 11.4 Å². The normalized spacial score (nSPS) is 12.5. The van der Waals surface area contributed by atoms with E-state index in [-0.39, 0.29) is 23.8 Å². The monoisotopic (exact) mass is 488 g/mol. The summed E-state index contributed by atoms with van der Waals surface area (Å²) in [6.07, 6.45) is 1.75. The van der Waals surface area contributed by atoms with Crippen LogP contribution in [0.5, 0.6) is 17.2 Å². The lowest BCUT2D eigenvalue weighted by molar-refractivity contribution is -0.152. The Bertz CT molecular complexity index is 1310. The lowest BCUT2D eigenvalue weighted by Gasteiger charge is -2.29. The number of carbonyl (C=O) groups excluding carboxylic acids is 3. The highest BCUT2D eigenvalue weighted by Gasteiger charge is 2.26. The lowest BCUT2D eigenvalue weighted by Crippen LogP contribution is -2.35. The number of phenols is 1. The molecule has 8 nitrogen and oxygen atoms in total. The Morgan fingerprint density at radius 2 is 1.75 bits per heavy atom. The van der Waals surface area contributed by atoms with Gasteiger partial charge < -0.3 is 24.8 Å². The first-order chi connectivity index (χ1) is 17.3. The molecule has 0 spiro atoms. The number of rotatable bonds is 5. The predicted octanol–water partition coefficient (Wildman–Crippen LogP) is 4.90. The van der Waals surface area contributed by atoms with Gasteiger partial charge in [-0.15, -0.1) is 0 Å². The number of phenolic OH excluding ortho intramolecular Hbond substituents is 1. The van der Waals surface area contributed by atoms with Crippen LogP contribution in [0.3, 0.4) is 0 Å². The second kappa shape index (κ2) is 10.5. The number of benzene rings is 3. The highest BCUT2D eigenvalue weighted by Crippen LogP contribution is 2.35. The summed E-state index contributed by atoms with van der Waals surface area (Å²) in [6.45, 7) is 5.91. The second-order valence-corrected chi connectivity index (χ2v) is 8.58. The minimum atomic E-state index is -0.953. The molecule has 2 amide bonds. The molecule has 3 aromatic carbocycles. The van der Waals surface area contributed by atoms with Gasteiger partial charge in [0.25, 0.3) is 5.91 Å². The summed E-state index contributed by atoms with van der Waals surface area (Å²) >= 11 is 0. The molecule has 0 radical (unpaired) electrons. The van der Waals surface area contributed by atoms with Gasteiger partial charge in [-0.1, -0.05) is 18.2 Å². The predicted molar refractivity (Wildman–Crippen MR) is 136 cm³/mol. The molecule has 0 atom stereocenters. The number of nitrogens with one attached hydrogen (secondary N) is 1. The number of amides is 2. The average Bonchev–Trinajstić information content (AvgIpc) is 2.86. The van der Waals surface area contributed by atoms with Crippen LogP contribution in [-0.2, 0) is 20.7 Å². The first-order valence-corrected chi connectivity index (χ1v) is 11.8. The third-order valence-corrected chi connectivity index (χ3v) is 5.95. The lowest BCUT2D eigenvalue weighted by atomic mass is 10.0. The maximum Gasteiger partial charge on any atom is 0.397 e. The summed E-state index contributed by atoms with van der Waals surface area (Å²) in [7, 11) is 0. The summed E-state index contributed by atoms with van der Waals surface area (Å²) < 4.78 is 10.8. The van der Waals surface area contributed by atoms with Crippen molar-refractivity contribution in [2.75, 3.05) is 23.4 Å². The van der Waals surface area contributed by atoms with Crippen LogP contribution in [0.1, 0.15) is 40.4 Å². The van der Waals surface area contributed by atoms with Crippen molar-refractivity contribution >= 4 is 29.2 Å². The molecule has 1 aliphatic heterocycles. The number of hydrogen-bond acceptors (Lipinski definition) is 6. The van der Waals surface area contributed by atoms with E-state index in [9.17, 15) is 19.5 Å². The van der Waals surface area contributed by atoms with Crippen molar-refractivity contribution < 1.29 is 29.0 Å². The molecule has 4 rings (SSSR count). The number of aromatic hydroxyl groups is 1. The summed E-state index contributed by atoms with van der Waals surface area (Å²) in [4.78, 5) is 38.7. The quantitative estimate of drug-likeness (QED) is 0.391. The van der Waals surface area contributed by atoms with Gasteiger partial charge >= 0.3 is 11.9 Å². The molecule has 0 aromatic heterocycles. The number of ether oxygens (including phenoxy) is 2. The Labute approximate surface area is 209 Å². The Hall–Kier alpha value is -4.33. The fourth-order valence-electron chi connectivity index (χ4n) is 4.32. The molecule has 0 unspecified atom stereocenters. The molecule has 3 aromatic rings. The van der Waals surface area contributed by atoms with Crippen LogP contribution in [0.25, 0.3) is 0 Å². The number of hydrogen-bond donors (Lipinski definition) is 2. The second-order valence-electron chi connectivity index (χ2n) is 8.58. The molecule has 2 N–H and O–H groups in total. The van der Waals surface area contributed by atoms with Crippen LogP contribution in [0.2, 0.25) is 0 Å². The van der Waals surface area contributed by atoms with Crippen molar-refractivity contribution in [2.24, 2.45) is 0 Å². The van der Waals surface area contributed by atoms with Crippen LogP contribution in [-0.4, -0.2) is 36.0 Å². The Kier molecular flexibility index (Phi) is 7.24. The zero-order valence-corrected chi connectivity index (χ0v) is 20.5. The molecule has 1 heterocycles. The Morgan fingerprint density at radius 3 is 2.47 bits per heavy atom. The molecule has 0 bridgehead atoms. The zero-order valence-electron chi connectivity index (χ0n) is 20.5. The van der Waals surface area contributed by atoms with Crippen molar-refractivity contribution in [3.63, 3.8) is 0 Å². The van der Waals surface area contributed by atoms with Gasteiger partial charge in [-0.05, 0) is 86.7 Å². The Morgan fingerprint density at radius 1 is 1.03 bits per heavy atom. The molecule has 186 valence electrons. The SMILES string of the molecule is CCOC(=O)C(=O)Nc1cc(C)c(Oc2ccc(O)c(C(=O)N3CCCc4ccccc43)c2)c(C)c1. The summed E-state index contributed by atoms with van der Waals surface area (Å²) in [6, 6.07) is 15.7. The van der Waals surface area contributed by atoms with Crippen molar-refractivity contribution in [1.82, 2.24) is 0 Å². The first-order valence-electron chi connectivity index (χ1n) is 11.8. The van der Waals surface area contributed by atoms with Crippen LogP contribution in [0, 0.1) is 13.8 Å². The minimum absolute atomic E-state index is 0.110. The van der Waals surface area contributed by atoms with Gasteiger partial charge in [0.1, 0.15) is 17.2 Å². The molecule has 0 aliphatic carbocycles. The molecule has 1 aliphatic rings. The van der Waals surface area contributed by atoms with Gasteiger partial charge in [0, 0.05) is 17.9 Å². The maximum absolute atomic E-state index is 13.4. The van der Waals surface area contributed by atoms with Gasteiger partial charge in [-0.25, -0.2) is 4.79 Å². The largest absolute Gasteiger partial charge is 0.507 e. The molecule has 0 saturated carbocycles. The number of fused-ring (bicyclic) bond motifs is 1. The number of nitrogens with zero attached hydrogens (tertiary/aromatic N) is 1. The van der Waals surface area contributed by atoms with Gasteiger partial charge in [0.05, 0.1) is 12.2 Å². The van der Waals surface area contributed by atoms with Gasteiger partial charge in [-0.2, -0.15) is 0 Å². The Balaban J connectivity index is 1.57. The third kappa shape index (κ3) is 5.17. The van der Waals surface area contributed by atoms with Crippen LogP contribution in [0.15, 0.2) is 54.6 Å². The summed E-state index contributed by atoms with van der Waals surface area (Å²) in [5.41, 5.74) is 3.95. The fraction of sp³-hybridized carbons (Fsp3) is 0.250.